The Morgan fingerprint density at radius 3 is 2.74 bits per heavy atom. The van der Waals surface area contributed by atoms with Crippen molar-refractivity contribution in [3.8, 4) is 10.6 Å². The number of ether oxygens (including phenoxy) is 1. The number of hydrogen-bond donors (Lipinski definition) is 4. The van der Waals surface area contributed by atoms with Gasteiger partial charge in [-0.1, -0.05) is 0 Å². The Labute approximate surface area is 207 Å². The van der Waals surface area contributed by atoms with Gasteiger partial charge in [0.25, 0.3) is 0 Å². The minimum Gasteiger partial charge on any atom is -0.387 e. The molecule has 4 N–H and O–H groups in total. The molecular formula is C23H31N7O4S. The van der Waals surface area contributed by atoms with Gasteiger partial charge in [-0.3, -0.25) is 9.78 Å². The van der Waals surface area contributed by atoms with E-state index in [0.717, 1.165) is 15.9 Å². The van der Waals surface area contributed by atoms with Crippen LogP contribution in [0.15, 0.2) is 12.3 Å². The number of aromatic nitrogens is 4. The van der Waals surface area contributed by atoms with Gasteiger partial charge in [0.2, 0.25) is 11.9 Å². The molecule has 3 aromatic rings. The van der Waals surface area contributed by atoms with Crippen molar-refractivity contribution < 1.29 is 19.7 Å². The number of aliphatic hydroxyl groups is 2. The molecule has 0 spiro atoms. The molecule has 3 heterocycles. The van der Waals surface area contributed by atoms with E-state index in [4.69, 9.17) is 9.72 Å². The van der Waals surface area contributed by atoms with E-state index >= 15 is 0 Å². The van der Waals surface area contributed by atoms with Crippen LogP contribution >= 0.6 is 11.3 Å². The van der Waals surface area contributed by atoms with E-state index in [0.29, 0.717) is 47.6 Å². The molecule has 3 unspecified atom stereocenters. The Morgan fingerprint density at radius 1 is 1.29 bits per heavy atom. The summed E-state index contributed by atoms with van der Waals surface area (Å²) in [7, 11) is 4.87. The van der Waals surface area contributed by atoms with Crippen LogP contribution in [0.25, 0.3) is 20.8 Å². The van der Waals surface area contributed by atoms with E-state index in [1.54, 1.807) is 27.4 Å². The quantitative estimate of drug-likeness (QED) is 0.266. The summed E-state index contributed by atoms with van der Waals surface area (Å²) in [6.45, 7) is 4.70. The first-order valence-corrected chi connectivity index (χ1v) is 12.2. The molecule has 11 nitrogen and oxygen atoms in total. The molecule has 35 heavy (non-hydrogen) atoms. The number of amides is 1. The van der Waals surface area contributed by atoms with Crippen LogP contribution < -0.4 is 10.6 Å². The molecule has 1 amide bonds. The maximum atomic E-state index is 12.5. The van der Waals surface area contributed by atoms with Crippen LogP contribution in [-0.4, -0.2) is 87.1 Å². The van der Waals surface area contributed by atoms with Gasteiger partial charge in [-0.15, -0.1) is 11.3 Å². The third kappa shape index (κ3) is 4.92. The minimum atomic E-state index is -1.75. The zero-order valence-electron chi connectivity index (χ0n) is 20.5. The summed E-state index contributed by atoms with van der Waals surface area (Å²) in [4.78, 5) is 32.3. The number of aliphatic hydroxyl groups excluding tert-OH is 1. The second kappa shape index (κ2) is 9.97. The Bertz CT molecular complexity index is 1230. The Morgan fingerprint density at radius 2 is 2.06 bits per heavy atom. The first kappa shape index (κ1) is 25.2. The summed E-state index contributed by atoms with van der Waals surface area (Å²) in [5, 5.41) is 29.2. The number of carbonyl (C=O) groups excluding carboxylic acids is 1. The summed E-state index contributed by atoms with van der Waals surface area (Å²) < 4.78 is 6.07. The minimum absolute atomic E-state index is 0.177. The molecule has 0 aromatic carbocycles. The average molecular weight is 502 g/mol. The van der Waals surface area contributed by atoms with E-state index in [9.17, 15) is 15.0 Å². The third-order valence-electron chi connectivity index (χ3n) is 6.18. The van der Waals surface area contributed by atoms with E-state index in [1.165, 1.54) is 16.2 Å². The van der Waals surface area contributed by atoms with Crippen molar-refractivity contribution in [3.63, 3.8) is 0 Å². The smallest absolute Gasteiger partial charge is 0.227 e. The lowest BCUT2D eigenvalue weighted by molar-refractivity contribution is -0.139. The largest absolute Gasteiger partial charge is 0.387 e. The molecule has 1 aliphatic carbocycles. The molecule has 1 saturated carbocycles. The number of methoxy groups -OCH3 is 1. The molecule has 3 atom stereocenters. The number of hydrogen-bond acceptors (Lipinski definition) is 11. The molecule has 0 saturated heterocycles. The molecule has 1 aliphatic rings. The fraction of sp³-hybridized carbons (Fsp3) is 0.522. The first-order chi connectivity index (χ1) is 16.6. The first-order valence-electron chi connectivity index (χ1n) is 11.4. The number of fused-ring (bicyclic) bond motifs is 1. The number of thiazole rings is 1. The summed E-state index contributed by atoms with van der Waals surface area (Å²) in [5.41, 5.74) is 1.11. The van der Waals surface area contributed by atoms with Gasteiger partial charge in [0, 0.05) is 33.9 Å². The van der Waals surface area contributed by atoms with Crippen LogP contribution in [0.4, 0.5) is 11.8 Å². The predicted octanol–water partition coefficient (Wildman–Crippen LogP) is 1.78. The topological polar surface area (TPSA) is 146 Å². The number of aryl methyl sites for hydroxylation is 2. The highest BCUT2D eigenvalue weighted by Gasteiger charge is 2.50. The molecule has 0 bridgehead atoms. The van der Waals surface area contributed by atoms with Crippen molar-refractivity contribution in [3.05, 3.63) is 23.7 Å². The second-order valence-electron chi connectivity index (χ2n) is 8.91. The molecule has 0 radical (unpaired) electrons. The number of rotatable bonds is 8. The van der Waals surface area contributed by atoms with E-state index < -0.39 is 17.7 Å². The summed E-state index contributed by atoms with van der Waals surface area (Å²) >= 11 is 1.47. The molecule has 4 rings (SSSR count). The van der Waals surface area contributed by atoms with Crippen LogP contribution in [0.1, 0.15) is 24.2 Å². The van der Waals surface area contributed by atoms with Gasteiger partial charge >= 0.3 is 0 Å². The predicted molar refractivity (Wildman–Crippen MR) is 134 cm³/mol. The van der Waals surface area contributed by atoms with Crippen LogP contribution in [0, 0.1) is 19.8 Å². The van der Waals surface area contributed by atoms with Crippen molar-refractivity contribution in [2.24, 2.45) is 5.92 Å². The normalized spacial score (nSPS) is 21.9. The molecule has 3 aromatic heterocycles. The number of carbonyl (C=O) groups is 1. The lowest BCUT2D eigenvalue weighted by Crippen LogP contribution is -2.50. The highest BCUT2D eigenvalue weighted by atomic mass is 32.1. The highest BCUT2D eigenvalue weighted by Crippen LogP contribution is 2.41. The van der Waals surface area contributed by atoms with Gasteiger partial charge in [-0.25, -0.2) is 9.97 Å². The monoisotopic (exact) mass is 501 g/mol. The summed E-state index contributed by atoms with van der Waals surface area (Å²) in [5.74, 6) is -0.280. The highest BCUT2D eigenvalue weighted by molar-refractivity contribution is 7.21. The standard InChI is InChI=1S/C23H31N7O4S/c1-12-16(20-27-17-13(2)24-9-7-15(17)35-20)19(28-22(26-12)25-10-11-34-5)29-23(33)8-6-14(18(23)31)21(32)30(3)4/h7,9,14,18,31,33H,6,8,10-11H2,1-5H3,(H2,25,26,28,29). The van der Waals surface area contributed by atoms with E-state index in [2.05, 4.69) is 25.6 Å². The molecule has 0 aliphatic heterocycles. The summed E-state index contributed by atoms with van der Waals surface area (Å²) in [6.07, 6.45) is 0.944. The zero-order chi connectivity index (χ0) is 25.3. The third-order valence-corrected chi connectivity index (χ3v) is 7.22. The maximum absolute atomic E-state index is 12.5. The van der Waals surface area contributed by atoms with Gasteiger partial charge in [0.15, 0.2) is 5.72 Å². The van der Waals surface area contributed by atoms with Crippen LogP contribution in [0.3, 0.4) is 0 Å². The van der Waals surface area contributed by atoms with Crippen LogP contribution in [0.2, 0.25) is 0 Å². The van der Waals surface area contributed by atoms with E-state index in [-0.39, 0.29) is 12.3 Å². The fourth-order valence-corrected chi connectivity index (χ4v) is 5.41. The van der Waals surface area contributed by atoms with Crippen molar-refractivity contribution in [1.82, 2.24) is 24.8 Å². The lowest BCUT2D eigenvalue weighted by Gasteiger charge is -2.31. The van der Waals surface area contributed by atoms with Gasteiger partial charge in [0.05, 0.1) is 34.2 Å². The number of anilines is 2. The second-order valence-corrected chi connectivity index (χ2v) is 9.94. The average Bonchev–Trinajstić information content (AvgIpc) is 3.35. The molecule has 12 heteroatoms. The molecule has 1 fully saturated rings. The summed E-state index contributed by atoms with van der Waals surface area (Å²) in [6, 6.07) is 1.90. The van der Waals surface area contributed by atoms with Gasteiger partial charge < -0.3 is 30.5 Å². The van der Waals surface area contributed by atoms with E-state index in [1.807, 2.05) is 19.9 Å². The lowest BCUT2D eigenvalue weighted by atomic mass is 10.0. The van der Waals surface area contributed by atoms with Crippen molar-refractivity contribution in [1.29, 1.82) is 0 Å². The SMILES string of the molecule is COCCNc1nc(C)c(-c2nc3c(C)nccc3s2)c(NC2(O)CCC(C(=O)N(C)C)C2O)n1. The Balaban J connectivity index is 1.76. The molecular weight excluding hydrogens is 470 g/mol. The number of nitrogens with zero attached hydrogens (tertiary/aromatic N) is 5. The molecule has 188 valence electrons. The maximum Gasteiger partial charge on any atom is 0.227 e. The fourth-order valence-electron chi connectivity index (χ4n) is 4.30. The van der Waals surface area contributed by atoms with Gasteiger partial charge in [-0.2, -0.15) is 4.98 Å². The van der Waals surface area contributed by atoms with Crippen LogP contribution in [-0.2, 0) is 9.53 Å². The number of pyridine rings is 1. The van der Waals surface area contributed by atoms with Gasteiger partial charge in [0.1, 0.15) is 22.4 Å². The van der Waals surface area contributed by atoms with Gasteiger partial charge in [-0.05, 0) is 32.8 Å². The number of nitrogens with one attached hydrogen (secondary N) is 2. The zero-order valence-corrected chi connectivity index (χ0v) is 21.3. The Hall–Kier alpha value is -2.93. The van der Waals surface area contributed by atoms with Crippen molar-refractivity contribution >= 4 is 39.2 Å². The van der Waals surface area contributed by atoms with Crippen molar-refractivity contribution in [2.75, 3.05) is 45.0 Å². The van der Waals surface area contributed by atoms with Crippen molar-refractivity contribution in [2.45, 2.75) is 38.5 Å². The van der Waals surface area contributed by atoms with Crippen LogP contribution in [0.5, 0.6) is 0 Å². The Kier molecular flexibility index (Phi) is 7.17.